The lowest BCUT2D eigenvalue weighted by molar-refractivity contribution is 0.157. The molecule has 2 aromatic carbocycles. The molecule has 0 saturated heterocycles. The van der Waals surface area contributed by atoms with Crippen molar-refractivity contribution in [1.29, 1.82) is 0 Å². The number of hydrogen-bond donors (Lipinski definition) is 0. The van der Waals surface area contributed by atoms with E-state index in [1.165, 1.54) is 0 Å². The second kappa shape index (κ2) is 5.41. The second-order valence-electron chi connectivity index (χ2n) is 5.86. The molecule has 3 nitrogen and oxygen atoms in total. The van der Waals surface area contributed by atoms with E-state index in [0.29, 0.717) is 0 Å². The van der Waals surface area contributed by atoms with E-state index >= 15 is 0 Å². The highest BCUT2D eigenvalue weighted by atomic mass is 16.5. The van der Waals surface area contributed by atoms with Gasteiger partial charge in [0.1, 0.15) is 22.8 Å². The van der Waals surface area contributed by atoms with E-state index in [1.807, 2.05) is 36.4 Å². The standard InChI is InChI=1S/C19H20O3/c1-19(2)12-17(13-6-5-7-14(10-13)20-3)16-9-8-15(21-4)11-18(16)22-19/h5-12H,1-4H3. The topological polar surface area (TPSA) is 27.7 Å². The lowest BCUT2D eigenvalue weighted by Crippen LogP contribution is -2.29. The van der Waals surface area contributed by atoms with Gasteiger partial charge >= 0.3 is 0 Å². The van der Waals surface area contributed by atoms with Crippen molar-refractivity contribution in [2.24, 2.45) is 0 Å². The lowest BCUT2D eigenvalue weighted by atomic mass is 9.90. The Labute approximate surface area is 131 Å². The minimum Gasteiger partial charge on any atom is -0.497 e. The van der Waals surface area contributed by atoms with Gasteiger partial charge in [0, 0.05) is 11.6 Å². The number of rotatable bonds is 3. The zero-order valence-corrected chi connectivity index (χ0v) is 13.3. The van der Waals surface area contributed by atoms with Crippen molar-refractivity contribution in [2.75, 3.05) is 14.2 Å². The van der Waals surface area contributed by atoms with E-state index in [1.54, 1.807) is 14.2 Å². The predicted molar refractivity (Wildman–Crippen MR) is 87.8 cm³/mol. The summed E-state index contributed by atoms with van der Waals surface area (Å²) in [5, 5.41) is 0. The van der Waals surface area contributed by atoms with Crippen LogP contribution in [0.4, 0.5) is 0 Å². The molecule has 0 bridgehead atoms. The molecule has 0 unspecified atom stereocenters. The summed E-state index contributed by atoms with van der Waals surface area (Å²) in [4.78, 5) is 0. The highest BCUT2D eigenvalue weighted by molar-refractivity contribution is 5.85. The maximum Gasteiger partial charge on any atom is 0.132 e. The average molecular weight is 296 g/mol. The third-order valence-corrected chi connectivity index (χ3v) is 3.72. The van der Waals surface area contributed by atoms with Crippen LogP contribution in [0.5, 0.6) is 17.2 Å². The smallest absolute Gasteiger partial charge is 0.132 e. The SMILES string of the molecule is COc1cccc(C2=CC(C)(C)Oc3cc(OC)ccc32)c1. The van der Waals surface area contributed by atoms with E-state index < -0.39 is 0 Å². The first-order chi connectivity index (χ1) is 10.5. The summed E-state index contributed by atoms with van der Waals surface area (Å²) < 4.78 is 16.7. The van der Waals surface area contributed by atoms with E-state index in [9.17, 15) is 0 Å². The van der Waals surface area contributed by atoms with Crippen molar-refractivity contribution in [3.8, 4) is 17.2 Å². The molecule has 2 aromatic rings. The Hall–Kier alpha value is -2.42. The summed E-state index contributed by atoms with van der Waals surface area (Å²) in [6, 6.07) is 14.0. The van der Waals surface area contributed by atoms with Gasteiger partial charge < -0.3 is 14.2 Å². The molecule has 0 N–H and O–H groups in total. The van der Waals surface area contributed by atoms with Crippen LogP contribution in [0.25, 0.3) is 5.57 Å². The molecule has 0 aromatic heterocycles. The Balaban J connectivity index is 2.15. The first-order valence-corrected chi connectivity index (χ1v) is 7.27. The first-order valence-electron chi connectivity index (χ1n) is 7.27. The summed E-state index contributed by atoms with van der Waals surface area (Å²) in [5.74, 6) is 2.48. The number of hydrogen-bond acceptors (Lipinski definition) is 3. The molecule has 0 atom stereocenters. The third-order valence-electron chi connectivity index (χ3n) is 3.72. The molecular formula is C19H20O3. The van der Waals surface area contributed by atoms with Crippen molar-refractivity contribution in [2.45, 2.75) is 19.4 Å². The first kappa shape index (κ1) is 14.5. The number of benzene rings is 2. The van der Waals surface area contributed by atoms with Gasteiger partial charge in [-0.25, -0.2) is 0 Å². The maximum absolute atomic E-state index is 6.08. The molecular weight excluding hydrogens is 276 g/mol. The monoisotopic (exact) mass is 296 g/mol. The van der Waals surface area contributed by atoms with Crippen LogP contribution in [0.3, 0.4) is 0 Å². The van der Waals surface area contributed by atoms with Crippen LogP contribution in [0, 0.1) is 0 Å². The normalized spacial score (nSPS) is 15.4. The summed E-state index contributed by atoms with van der Waals surface area (Å²) in [7, 11) is 3.34. The molecule has 3 rings (SSSR count). The Kier molecular flexibility index (Phi) is 3.57. The summed E-state index contributed by atoms with van der Waals surface area (Å²) in [6.07, 6.45) is 2.15. The van der Waals surface area contributed by atoms with Crippen LogP contribution in [0.15, 0.2) is 48.5 Å². The molecule has 0 saturated carbocycles. The van der Waals surface area contributed by atoms with Gasteiger partial charge in [-0.3, -0.25) is 0 Å². The predicted octanol–water partition coefficient (Wildman–Crippen LogP) is 4.31. The lowest BCUT2D eigenvalue weighted by Gasteiger charge is -2.31. The van der Waals surface area contributed by atoms with Crippen LogP contribution in [-0.2, 0) is 0 Å². The van der Waals surface area contributed by atoms with Gasteiger partial charge in [-0.1, -0.05) is 12.1 Å². The highest BCUT2D eigenvalue weighted by Crippen LogP contribution is 2.41. The van der Waals surface area contributed by atoms with E-state index in [2.05, 4.69) is 26.0 Å². The van der Waals surface area contributed by atoms with E-state index in [4.69, 9.17) is 14.2 Å². The highest BCUT2D eigenvalue weighted by Gasteiger charge is 2.27. The van der Waals surface area contributed by atoms with Gasteiger partial charge in [0.05, 0.1) is 14.2 Å². The second-order valence-corrected chi connectivity index (χ2v) is 5.86. The number of methoxy groups -OCH3 is 2. The minimum atomic E-state index is -0.377. The summed E-state index contributed by atoms with van der Waals surface area (Å²) in [6.45, 7) is 4.10. The fourth-order valence-electron chi connectivity index (χ4n) is 2.70. The van der Waals surface area contributed by atoms with Crippen LogP contribution >= 0.6 is 0 Å². The molecule has 1 aliphatic rings. The molecule has 1 heterocycles. The Morgan fingerprint density at radius 2 is 1.64 bits per heavy atom. The van der Waals surface area contributed by atoms with Crippen LogP contribution in [0.1, 0.15) is 25.0 Å². The summed E-state index contributed by atoms with van der Waals surface area (Å²) in [5.41, 5.74) is 2.95. The number of fused-ring (bicyclic) bond motifs is 1. The quantitative estimate of drug-likeness (QED) is 0.845. The van der Waals surface area contributed by atoms with Gasteiger partial charge in [0.2, 0.25) is 0 Å². The third kappa shape index (κ3) is 2.67. The van der Waals surface area contributed by atoms with E-state index in [-0.39, 0.29) is 5.60 Å². The van der Waals surface area contributed by atoms with Gasteiger partial charge in [-0.05, 0) is 55.3 Å². The van der Waals surface area contributed by atoms with Crippen molar-refractivity contribution in [1.82, 2.24) is 0 Å². The number of ether oxygens (including phenoxy) is 3. The molecule has 0 fully saturated rings. The largest absolute Gasteiger partial charge is 0.497 e. The molecule has 0 spiro atoms. The maximum atomic E-state index is 6.08. The van der Waals surface area contributed by atoms with Gasteiger partial charge in [0.15, 0.2) is 0 Å². The summed E-state index contributed by atoms with van der Waals surface area (Å²) >= 11 is 0. The molecule has 3 heteroatoms. The average Bonchev–Trinajstić information content (AvgIpc) is 2.52. The van der Waals surface area contributed by atoms with Crippen LogP contribution in [-0.4, -0.2) is 19.8 Å². The van der Waals surface area contributed by atoms with Crippen molar-refractivity contribution in [3.05, 3.63) is 59.7 Å². The fourth-order valence-corrected chi connectivity index (χ4v) is 2.70. The molecule has 114 valence electrons. The molecule has 0 radical (unpaired) electrons. The molecule has 0 amide bonds. The van der Waals surface area contributed by atoms with Gasteiger partial charge in [0.25, 0.3) is 0 Å². The Bertz CT molecular complexity index is 729. The minimum absolute atomic E-state index is 0.377. The molecule has 1 aliphatic heterocycles. The molecule has 22 heavy (non-hydrogen) atoms. The van der Waals surface area contributed by atoms with E-state index in [0.717, 1.165) is 33.9 Å². The van der Waals surface area contributed by atoms with Crippen LogP contribution < -0.4 is 14.2 Å². The van der Waals surface area contributed by atoms with Gasteiger partial charge in [-0.15, -0.1) is 0 Å². The Morgan fingerprint density at radius 3 is 2.36 bits per heavy atom. The molecule has 0 aliphatic carbocycles. The fraction of sp³-hybridized carbons (Fsp3) is 0.263. The zero-order chi connectivity index (χ0) is 15.7. The van der Waals surface area contributed by atoms with Crippen LogP contribution in [0.2, 0.25) is 0 Å². The van der Waals surface area contributed by atoms with Crippen molar-refractivity contribution in [3.63, 3.8) is 0 Å². The van der Waals surface area contributed by atoms with Crippen molar-refractivity contribution >= 4 is 5.57 Å². The Morgan fingerprint density at radius 1 is 0.909 bits per heavy atom. The zero-order valence-electron chi connectivity index (χ0n) is 13.3. The van der Waals surface area contributed by atoms with Gasteiger partial charge in [-0.2, -0.15) is 0 Å². The van der Waals surface area contributed by atoms with Crippen molar-refractivity contribution < 1.29 is 14.2 Å².